The van der Waals surface area contributed by atoms with Crippen LogP contribution in [0.15, 0.2) is 108 Å². The number of benzene rings is 4. The Morgan fingerprint density at radius 2 is 1.44 bits per heavy atom. The van der Waals surface area contributed by atoms with Crippen molar-refractivity contribution in [3.05, 3.63) is 109 Å². The Balaban J connectivity index is 1.27. The van der Waals surface area contributed by atoms with Crippen LogP contribution in [-0.2, 0) is 4.79 Å². The quantitative estimate of drug-likeness (QED) is 0.305. The van der Waals surface area contributed by atoms with Gasteiger partial charge < -0.3 is 19.5 Å². The van der Waals surface area contributed by atoms with Gasteiger partial charge in [-0.1, -0.05) is 30.3 Å². The molecule has 0 radical (unpaired) electrons. The van der Waals surface area contributed by atoms with Gasteiger partial charge in [0, 0.05) is 6.21 Å². The second-order valence-corrected chi connectivity index (χ2v) is 7.27. The van der Waals surface area contributed by atoms with Crippen LogP contribution in [0, 0.1) is 0 Å². The number of carbonyl (C=O) groups is 1. The van der Waals surface area contributed by atoms with E-state index in [-0.39, 0.29) is 12.5 Å². The molecule has 1 N–H and O–H groups in total. The van der Waals surface area contributed by atoms with E-state index in [4.69, 9.17) is 14.2 Å². The first-order chi connectivity index (χ1) is 16.7. The molecular weight excluding hydrogens is 428 g/mol. The molecule has 4 aromatic rings. The minimum atomic E-state index is -0.269. The summed E-state index contributed by atoms with van der Waals surface area (Å²) in [6.07, 6.45) is 1.77. The molecule has 0 unspecified atom stereocenters. The van der Waals surface area contributed by atoms with Crippen LogP contribution < -0.4 is 19.5 Å². The number of nitrogens with one attached hydrogen (secondary N) is 1. The number of rotatable bonds is 9. The fraction of sp³-hybridized carbons (Fsp3) is 0.0714. The van der Waals surface area contributed by atoms with Crippen molar-refractivity contribution in [2.45, 2.75) is 0 Å². The standard InChI is InChI=1S/C28H24N2O4/c1-32-27-10-6-5-9-26(27)30-28(31)20-33-23-15-11-21(12-16-23)19-29-22-13-17-25(18-14-22)34-24-7-3-2-4-8-24/h2-19H,20H2,1H3,(H,30,31). The summed E-state index contributed by atoms with van der Waals surface area (Å²) in [5.74, 6) is 2.46. The van der Waals surface area contributed by atoms with Crippen LogP contribution in [0.2, 0.25) is 0 Å². The predicted octanol–water partition coefficient (Wildman–Crippen LogP) is 6.26. The number of methoxy groups -OCH3 is 1. The van der Waals surface area contributed by atoms with Gasteiger partial charge >= 0.3 is 0 Å². The molecule has 1 amide bonds. The third kappa shape index (κ3) is 6.46. The maximum atomic E-state index is 12.2. The molecule has 0 spiro atoms. The first-order valence-electron chi connectivity index (χ1n) is 10.7. The van der Waals surface area contributed by atoms with E-state index < -0.39 is 0 Å². The zero-order chi connectivity index (χ0) is 23.6. The molecule has 0 aromatic heterocycles. The number of carbonyl (C=O) groups excluding carboxylic acids is 1. The summed E-state index contributed by atoms with van der Waals surface area (Å²) in [5, 5.41) is 2.78. The van der Waals surface area contributed by atoms with E-state index in [2.05, 4.69) is 10.3 Å². The Bertz CT molecular complexity index is 1240. The number of aliphatic imine (C=N–C) groups is 1. The number of nitrogens with zero attached hydrogens (tertiary/aromatic N) is 1. The maximum Gasteiger partial charge on any atom is 0.262 e. The van der Waals surface area contributed by atoms with Gasteiger partial charge in [-0.05, 0) is 78.4 Å². The maximum absolute atomic E-state index is 12.2. The number of para-hydroxylation sites is 3. The Morgan fingerprint density at radius 1 is 0.794 bits per heavy atom. The Hall–Kier alpha value is -4.58. The summed E-state index contributed by atoms with van der Waals surface area (Å²) in [4.78, 5) is 16.7. The van der Waals surface area contributed by atoms with Crippen molar-refractivity contribution in [3.8, 4) is 23.0 Å². The molecule has 0 saturated carbocycles. The molecule has 0 aliphatic heterocycles. The lowest BCUT2D eigenvalue weighted by atomic mass is 10.2. The molecule has 4 rings (SSSR count). The van der Waals surface area contributed by atoms with E-state index in [9.17, 15) is 4.79 Å². The van der Waals surface area contributed by atoms with Crippen molar-refractivity contribution < 1.29 is 19.0 Å². The second kappa shape index (κ2) is 11.3. The predicted molar refractivity (Wildman–Crippen MR) is 134 cm³/mol. The van der Waals surface area contributed by atoms with Crippen molar-refractivity contribution in [1.29, 1.82) is 0 Å². The fourth-order valence-electron chi connectivity index (χ4n) is 3.11. The third-order valence-corrected chi connectivity index (χ3v) is 4.81. The van der Waals surface area contributed by atoms with Gasteiger partial charge in [0.05, 0.1) is 18.5 Å². The van der Waals surface area contributed by atoms with Gasteiger partial charge in [-0.2, -0.15) is 0 Å². The molecule has 0 fully saturated rings. The monoisotopic (exact) mass is 452 g/mol. The topological polar surface area (TPSA) is 69.2 Å². The average molecular weight is 453 g/mol. The van der Waals surface area contributed by atoms with Crippen molar-refractivity contribution in [2.75, 3.05) is 19.0 Å². The molecule has 0 bridgehead atoms. The zero-order valence-corrected chi connectivity index (χ0v) is 18.7. The molecule has 0 saturated heterocycles. The summed E-state index contributed by atoms with van der Waals surface area (Å²) in [7, 11) is 1.56. The molecule has 170 valence electrons. The normalized spacial score (nSPS) is 10.6. The minimum absolute atomic E-state index is 0.108. The lowest BCUT2D eigenvalue weighted by Crippen LogP contribution is -2.20. The van der Waals surface area contributed by atoms with Gasteiger partial charge in [0.25, 0.3) is 5.91 Å². The summed E-state index contributed by atoms with van der Waals surface area (Å²) < 4.78 is 16.6. The largest absolute Gasteiger partial charge is 0.495 e. The van der Waals surface area contributed by atoms with Crippen molar-refractivity contribution in [3.63, 3.8) is 0 Å². The van der Waals surface area contributed by atoms with Crippen LogP contribution in [0.3, 0.4) is 0 Å². The van der Waals surface area contributed by atoms with Crippen molar-refractivity contribution in [2.24, 2.45) is 4.99 Å². The third-order valence-electron chi connectivity index (χ3n) is 4.81. The highest BCUT2D eigenvalue weighted by Gasteiger charge is 2.07. The van der Waals surface area contributed by atoms with Gasteiger partial charge in [0.15, 0.2) is 6.61 Å². The van der Waals surface area contributed by atoms with E-state index in [1.165, 1.54) is 0 Å². The van der Waals surface area contributed by atoms with Crippen molar-refractivity contribution in [1.82, 2.24) is 0 Å². The molecule has 6 heteroatoms. The van der Waals surface area contributed by atoms with Gasteiger partial charge in [-0.3, -0.25) is 9.79 Å². The van der Waals surface area contributed by atoms with Crippen LogP contribution in [0.25, 0.3) is 0 Å². The highest BCUT2D eigenvalue weighted by Crippen LogP contribution is 2.24. The summed E-state index contributed by atoms with van der Waals surface area (Å²) >= 11 is 0. The fourth-order valence-corrected chi connectivity index (χ4v) is 3.11. The van der Waals surface area contributed by atoms with Crippen LogP contribution in [-0.4, -0.2) is 25.8 Å². The SMILES string of the molecule is COc1ccccc1NC(=O)COc1ccc(C=Nc2ccc(Oc3ccccc3)cc2)cc1. The smallest absolute Gasteiger partial charge is 0.262 e. The number of amides is 1. The van der Waals surface area contributed by atoms with E-state index in [1.807, 2.05) is 78.9 Å². The number of hydrogen-bond acceptors (Lipinski definition) is 5. The number of hydrogen-bond donors (Lipinski definition) is 1. The van der Waals surface area contributed by atoms with Crippen LogP contribution in [0.5, 0.6) is 23.0 Å². The molecule has 0 atom stereocenters. The lowest BCUT2D eigenvalue weighted by Gasteiger charge is -2.10. The molecule has 0 heterocycles. The van der Waals surface area contributed by atoms with E-state index in [0.717, 1.165) is 22.7 Å². The number of ether oxygens (including phenoxy) is 3. The van der Waals surface area contributed by atoms with Crippen LogP contribution in [0.1, 0.15) is 5.56 Å². The van der Waals surface area contributed by atoms with Gasteiger partial charge in [0.1, 0.15) is 23.0 Å². The van der Waals surface area contributed by atoms with Crippen LogP contribution >= 0.6 is 0 Å². The summed E-state index contributed by atoms with van der Waals surface area (Å²) in [5.41, 5.74) is 2.33. The molecule has 34 heavy (non-hydrogen) atoms. The van der Waals surface area contributed by atoms with Gasteiger partial charge in [-0.15, -0.1) is 0 Å². The first-order valence-corrected chi connectivity index (χ1v) is 10.7. The lowest BCUT2D eigenvalue weighted by molar-refractivity contribution is -0.118. The van der Waals surface area contributed by atoms with E-state index >= 15 is 0 Å². The second-order valence-electron chi connectivity index (χ2n) is 7.27. The Labute approximate surface area is 198 Å². The Morgan fingerprint density at radius 3 is 2.18 bits per heavy atom. The van der Waals surface area contributed by atoms with E-state index in [0.29, 0.717) is 17.2 Å². The number of anilines is 1. The Kier molecular flexibility index (Phi) is 7.54. The van der Waals surface area contributed by atoms with Gasteiger partial charge in [-0.25, -0.2) is 0 Å². The van der Waals surface area contributed by atoms with Gasteiger partial charge in [0.2, 0.25) is 0 Å². The average Bonchev–Trinajstić information content (AvgIpc) is 2.88. The molecule has 0 aliphatic rings. The zero-order valence-electron chi connectivity index (χ0n) is 18.7. The highest BCUT2D eigenvalue weighted by atomic mass is 16.5. The van der Waals surface area contributed by atoms with E-state index in [1.54, 1.807) is 37.6 Å². The molecule has 4 aromatic carbocycles. The van der Waals surface area contributed by atoms with Crippen LogP contribution in [0.4, 0.5) is 11.4 Å². The molecule has 6 nitrogen and oxygen atoms in total. The molecule has 0 aliphatic carbocycles. The summed E-state index contributed by atoms with van der Waals surface area (Å²) in [6, 6.07) is 31.8. The summed E-state index contributed by atoms with van der Waals surface area (Å²) in [6.45, 7) is -0.108. The highest BCUT2D eigenvalue weighted by molar-refractivity contribution is 5.93. The minimum Gasteiger partial charge on any atom is -0.495 e. The van der Waals surface area contributed by atoms with Crippen molar-refractivity contribution >= 4 is 23.5 Å². The molecular formula is C28H24N2O4. The first kappa shape index (κ1) is 22.6.